The number of nitrogens with one attached hydrogen (secondary N) is 1. The van der Waals surface area contributed by atoms with Gasteiger partial charge in [-0.3, -0.25) is 0 Å². The van der Waals surface area contributed by atoms with Gasteiger partial charge in [-0.25, -0.2) is 0 Å². The van der Waals surface area contributed by atoms with Crippen LogP contribution in [0.3, 0.4) is 0 Å². The van der Waals surface area contributed by atoms with E-state index in [1.807, 2.05) is 19.1 Å². The number of benzene rings is 2. The summed E-state index contributed by atoms with van der Waals surface area (Å²) in [7, 11) is 0. The van der Waals surface area contributed by atoms with Crippen LogP contribution >= 0.6 is 15.9 Å². The molecule has 0 amide bonds. The Labute approximate surface area is 135 Å². The van der Waals surface area contributed by atoms with Gasteiger partial charge in [0.05, 0.1) is 6.61 Å². The Kier molecular flexibility index (Phi) is 6.27. The molecule has 0 fully saturated rings. The number of halogens is 1. The summed E-state index contributed by atoms with van der Waals surface area (Å²) in [5.41, 5.74) is 2.55. The number of para-hydroxylation sites is 1. The number of hydrogen-bond donors (Lipinski definition) is 1. The van der Waals surface area contributed by atoms with Crippen LogP contribution in [0.25, 0.3) is 0 Å². The molecule has 1 N–H and O–H groups in total. The molecule has 3 heteroatoms. The van der Waals surface area contributed by atoms with Crippen LogP contribution in [-0.4, -0.2) is 12.6 Å². The average Bonchev–Trinajstić information content (AvgIpc) is 2.49. The van der Waals surface area contributed by atoms with Gasteiger partial charge in [-0.2, -0.15) is 0 Å². The van der Waals surface area contributed by atoms with Crippen molar-refractivity contribution in [3.63, 3.8) is 0 Å². The van der Waals surface area contributed by atoms with E-state index in [1.165, 1.54) is 11.1 Å². The lowest BCUT2D eigenvalue weighted by Gasteiger charge is -2.16. The lowest BCUT2D eigenvalue weighted by Crippen LogP contribution is -2.27. The molecular weight excluding hydrogens is 326 g/mol. The SMILES string of the molecule is CCOc1ccccc1CNC(C)Cc1ccc(Br)cc1. The van der Waals surface area contributed by atoms with Gasteiger partial charge >= 0.3 is 0 Å². The molecule has 0 spiro atoms. The summed E-state index contributed by atoms with van der Waals surface area (Å²) in [6.07, 6.45) is 1.02. The fraction of sp³-hybridized carbons (Fsp3) is 0.333. The third kappa shape index (κ3) is 5.18. The highest BCUT2D eigenvalue weighted by Crippen LogP contribution is 2.18. The van der Waals surface area contributed by atoms with E-state index in [-0.39, 0.29) is 0 Å². The summed E-state index contributed by atoms with van der Waals surface area (Å²) in [5.74, 6) is 0.975. The Morgan fingerprint density at radius 3 is 2.52 bits per heavy atom. The molecule has 1 unspecified atom stereocenters. The van der Waals surface area contributed by atoms with E-state index in [2.05, 4.69) is 64.6 Å². The maximum Gasteiger partial charge on any atom is 0.123 e. The molecule has 0 bridgehead atoms. The zero-order valence-electron chi connectivity index (χ0n) is 12.6. The van der Waals surface area contributed by atoms with E-state index < -0.39 is 0 Å². The summed E-state index contributed by atoms with van der Waals surface area (Å²) in [6.45, 7) is 5.75. The van der Waals surface area contributed by atoms with Gasteiger partial charge in [0.15, 0.2) is 0 Å². The van der Waals surface area contributed by atoms with Crippen molar-refractivity contribution >= 4 is 15.9 Å². The van der Waals surface area contributed by atoms with Gasteiger partial charge < -0.3 is 10.1 Å². The fourth-order valence-corrected chi connectivity index (χ4v) is 2.54. The Morgan fingerprint density at radius 2 is 1.81 bits per heavy atom. The maximum atomic E-state index is 5.66. The normalized spacial score (nSPS) is 12.1. The summed E-state index contributed by atoms with van der Waals surface area (Å²) >= 11 is 3.47. The van der Waals surface area contributed by atoms with Crippen molar-refractivity contribution in [1.29, 1.82) is 0 Å². The topological polar surface area (TPSA) is 21.3 Å². The van der Waals surface area contributed by atoms with Crippen molar-refractivity contribution in [3.05, 3.63) is 64.1 Å². The van der Waals surface area contributed by atoms with Crippen molar-refractivity contribution in [2.45, 2.75) is 32.9 Å². The van der Waals surface area contributed by atoms with Gasteiger partial charge in [-0.05, 0) is 44.0 Å². The molecule has 112 valence electrons. The van der Waals surface area contributed by atoms with E-state index in [1.54, 1.807) is 0 Å². The highest BCUT2D eigenvalue weighted by atomic mass is 79.9. The van der Waals surface area contributed by atoms with Crippen LogP contribution < -0.4 is 10.1 Å². The van der Waals surface area contributed by atoms with Crippen LogP contribution in [0.1, 0.15) is 25.0 Å². The van der Waals surface area contributed by atoms with Gasteiger partial charge in [0.25, 0.3) is 0 Å². The van der Waals surface area contributed by atoms with Crippen molar-refractivity contribution < 1.29 is 4.74 Å². The zero-order chi connectivity index (χ0) is 15.1. The first-order valence-electron chi connectivity index (χ1n) is 7.37. The predicted molar refractivity (Wildman–Crippen MR) is 91.8 cm³/mol. The first-order chi connectivity index (χ1) is 10.2. The average molecular weight is 348 g/mol. The second-order valence-electron chi connectivity index (χ2n) is 5.15. The van der Waals surface area contributed by atoms with Gasteiger partial charge in [0.2, 0.25) is 0 Å². The van der Waals surface area contributed by atoms with Crippen LogP contribution in [0.5, 0.6) is 5.75 Å². The molecule has 1 atom stereocenters. The summed E-state index contributed by atoms with van der Waals surface area (Å²) in [4.78, 5) is 0. The molecule has 2 rings (SSSR count). The molecule has 2 aromatic rings. The Bertz CT molecular complexity index is 553. The lowest BCUT2D eigenvalue weighted by atomic mass is 10.1. The lowest BCUT2D eigenvalue weighted by molar-refractivity contribution is 0.334. The van der Waals surface area contributed by atoms with Crippen LogP contribution in [0.4, 0.5) is 0 Å². The molecular formula is C18H22BrNO. The minimum atomic E-state index is 0.417. The van der Waals surface area contributed by atoms with Crippen LogP contribution in [0.15, 0.2) is 53.0 Å². The van der Waals surface area contributed by atoms with Gasteiger partial charge in [-0.1, -0.05) is 46.3 Å². The van der Waals surface area contributed by atoms with E-state index in [9.17, 15) is 0 Å². The molecule has 0 aliphatic rings. The van der Waals surface area contributed by atoms with E-state index in [0.717, 1.165) is 23.2 Å². The number of rotatable bonds is 7. The third-order valence-electron chi connectivity index (χ3n) is 3.37. The van der Waals surface area contributed by atoms with Crippen molar-refractivity contribution in [2.75, 3.05) is 6.61 Å². The van der Waals surface area contributed by atoms with Gasteiger partial charge in [-0.15, -0.1) is 0 Å². The molecule has 2 nitrogen and oxygen atoms in total. The maximum absolute atomic E-state index is 5.66. The fourth-order valence-electron chi connectivity index (χ4n) is 2.28. The molecule has 0 saturated heterocycles. The zero-order valence-corrected chi connectivity index (χ0v) is 14.2. The van der Waals surface area contributed by atoms with Crippen molar-refractivity contribution in [2.24, 2.45) is 0 Å². The quantitative estimate of drug-likeness (QED) is 0.792. The second kappa shape index (κ2) is 8.20. The van der Waals surface area contributed by atoms with E-state index in [0.29, 0.717) is 12.6 Å². The van der Waals surface area contributed by atoms with E-state index in [4.69, 9.17) is 4.74 Å². The third-order valence-corrected chi connectivity index (χ3v) is 3.90. The molecule has 21 heavy (non-hydrogen) atoms. The van der Waals surface area contributed by atoms with E-state index >= 15 is 0 Å². The van der Waals surface area contributed by atoms with Crippen molar-refractivity contribution in [3.8, 4) is 5.75 Å². The Morgan fingerprint density at radius 1 is 1.10 bits per heavy atom. The van der Waals surface area contributed by atoms with Crippen LogP contribution in [0.2, 0.25) is 0 Å². The van der Waals surface area contributed by atoms with Crippen LogP contribution in [0, 0.1) is 0 Å². The largest absolute Gasteiger partial charge is 0.494 e. The first kappa shape index (κ1) is 16.1. The number of hydrogen-bond acceptors (Lipinski definition) is 2. The monoisotopic (exact) mass is 347 g/mol. The molecule has 0 saturated carbocycles. The Hall–Kier alpha value is -1.32. The summed E-state index contributed by atoms with van der Waals surface area (Å²) < 4.78 is 6.78. The first-order valence-corrected chi connectivity index (χ1v) is 8.17. The smallest absolute Gasteiger partial charge is 0.123 e. The molecule has 0 radical (unpaired) electrons. The Balaban J connectivity index is 1.89. The van der Waals surface area contributed by atoms with Crippen molar-refractivity contribution in [1.82, 2.24) is 5.32 Å². The highest BCUT2D eigenvalue weighted by Gasteiger charge is 2.06. The number of ether oxygens (including phenoxy) is 1. The minimum Gasteiger partial charge on any atom is -0.494 e. The summed E-state index contributed by atoms with van der Waals surface area (Å²) in [6, 6.07) is 17.1. The molecule has 0 aromatic heterocycles. The van der Waals surface area contributed by atoms with Crippen LogP contribution in [-0.2, 0) is 13.0 Å². The predicted octanol–water partition coefficient (Wildman–Crippen LogP) is 4.57. The molecule has 0 heterocycles. The van der Waals surface area contributed by atoms with Gasteiger partial charge in [0.1, 0.15) is 5.75 Å². The highest BCUT2D eigenvalue weighted by molar-refractivity contribution is 9.10. The minimum absolute atomic E-state index is 0.417. The molecule has 0 aliphatic carbocycles. The molecule has 0 aliphatic heterocycles. The summed E-state index contributed by atoms with van der Waals surface area (Å²) in [5, 5.41) is 3.57. The van der Waals surface area contributed by atoms with Gasteiger partial charge in [0, 0.05) is 22.6 Å². The second-order valence-corrected chi connectivity index (χ2v) is 6.07. The molecule has 2 aromatic carbocycles. The standard InChI is InChI=1S/C18H22BrNO/c1-3-21-18-7-5-4-6-16(18)13-20-14(2)12-15-8-10-17(19)11-9-15/h4-11,14,20H,3,12-13H2,1-2H3.